The van der Waals surface area contributed by atoms with Crippen molar-refractivity contribution in [1.82, 2.24) is 14.8 Å². The molecule has 0 amide bonds. The van der Waals surface area contributed by atoms with Gasteiger partial charge in [-0.15, -0.1) is 10.2 Å². The molecule has 0 N–H and O–H groups in total. The minimum Gasteiger partial charge on any atom is -0.423 e. The van der Waals surface area contributed by atoms with Crippen LogP contribution < -0.4 is 10.5 Å². The lowest BCUT2D eigenvalue weighted by Gasteiger charge is -2.27. The second kappa shape index (κ2) is 6.44. The third-order valence-electron chi connectivity index (χ3n) is 4.67. The van der Waals surface area contributed by atoms with E-state index in [-0.39, 0.29) is 5.63 Å². The van der Waals surface area contributed by atoms with Gasteiger partial charge in [-0.25, -0.2) is 4.79 Å². The van der Waals surface area contributed by atoms with Crippen molar-refractivity contribution in [2.45, 2.75) is 28.9 Å². The molecule has 8 heteroatoms. The first-order chi connectivity index (χ1) is 12.8. The van der Waals surface area contributed by atoms with Crippen LogP contribution in [0.3, 0.4) is 0 Å². The van der Waals surface area contributed by atoms with Crippen molar-refractivity contribution < 1.29 is 9.15 Å². The average molecular weight is 370 g/mol. The molecule has 2 fully saturated rings. The number of nitrogens with zero attached hydrogens (tertiary/aromatic N) is 4. The number of fused-ring (bicyclic) bond motifs is 1. The quantitative estimate of drug-likeness (QED) is 0.654. The van der Waals surface area contributed by atoms with Gasteiger partial charge in [0, 0.05) is 35.5 Å². The number of morpholine rings is 1. The highest BCUT2D eigenvalue weighted by Crippen LogP contribution is 2.43. The van der Waals surface area contributed by atoms with Crippen LogP contribution in [0.2, 0.25) is 0 Å². The molecule has 3 heterocycles. The number of rotatable bonds is 4. The van der Waals surface area contributed by atoms with Gasteiger partial charge in [0.2, 0.25) is 5.95 Å². The van der Waals surface area contributed by atoms with E-state index in [1.54, 1.807) is 0 Å². The largest absolute Gasteiger partial charge is 0.423 e. The third kappa shape index (κ3) is 2.89. The van der Waals surface area contributed by atoms with E-state index in [4.69, 9.17) is 9.15 Å². The Morgan fingerprint density at radius 3 is 2.73 bits per heavy atom. The normalized spacial score (nSPS) is 17.8. The third-order valence-corrected chi connectivity index (χ3v) is 5.68. The summed E-state index contributed by atoms with van der Waals surface area (Å²) in [5, 5.41) is 10.6. The fraction of sp³-hybridized carbons (Fsp3) is 0.389. The summed E-state index contributed by atoms with van der Waals surface area (Å²) in [5.74, 6) is 0.908. The highest BCUT2D eigenvalue weighted by molar-refractivity contribution is 7.99. The second-order valence-corrected chi connectivity index (χ2v) is 7.52. The summed E-state index contributed by atoms with van der Waals surface area (Å²) >= 11 is 1.48. The Kier molecular flexibility index (Phi) is 3.94. The van der Waals surface area contributed by atoms with Gasteiger partial charge in [-0.3, -0.25) is 4.57 Å². The Hall–Kier alpha value is -2.32. The maximum absolute atomic E-state index is 11.9. The zero-order chi connectivity index (χ0) is 17.5. The number of aromatic nitrogens is 3. The average Bonchev–Trinajstić information content (AvgIpc) is 3.42. The van der Waals surface area contributed by atoms with Crippen LogP contribution in [-0.2, 0) is 4.74 Å². The Morgan fingerprint density at radius 1 is 1.12 bits per heavy atom. The summed E-state index contributed by atoms with van der Waals surface area (Å²) in [4.78, 5) is 15.0. The van der Waals surface area contributed by atoms with Gasteiger partial charge in [0.1, 0.15) is 5.58 Å². The molecule has 2 aromatic heterocycles. The lowest BCUT2D eigenvalue weighted by Crippen LogP contribution is -2.38. The highest BCUT2D eigenvalue weighted by atomic mass is 32.2. The first kappa shape index (κ1) is 15.9. The fourth-order valence-corrected chi connectivity index (χ4v) is 4.28. The summed E-state index contributed by atoms with van der Waals surface area (Å²) in [6, 6.07) is 9.55. The molecule has 0 bridgehead atoms. The van der Waals surface area contributed by atoms with E-state index < -0.39 is 0 Å². The molecular formula is C18H18N4O3S. The number of anilines is 1. The van der Waals surface area contributed by atoms with Gasteiger partial charge < -0.3 is 14.1 Å². The predicted octanol–water partition coefficient (Wildman–Crippen LogP) is 2.71. The first-order valence-electron chi connectivity index (χ1n) is 8.78. The number of benzene rings is 1. The molecule has 5 rings (SSSR count). The van der Waals surface area contributed by atoms with Crippen molar-refractivity contribution in [2.24, 2.45) is 0 Å². The van der Waals surface area contributed by atoms with Crippen molar-refractivity contribution in [3.8, 4) is 0 Å². The smallest absolute Gasteiger partial charge is 0.337 e. The van der Waals surface area contributed by atoms with Crippen LogP contribution in [0.15, 0.2) is 49.6 Å². The Morgan fingerprint density at radius 2 is 1.92 bits per heavy atom. The van der Waals surface area contributed by atoms with Crippen LogP contribution in [0, 0.1) is 0 Å². The minimum atomic E-state index is -0.350. The van der Waals surface area contributed by atoms with Crippen LogP contribution in [0.4, 0.5) is 5.95 Å². The van der Waals surface area contributed by atoms with Crippen LogP contribution >= 0.6 is 11.8 Å². The number of hydrogen-bond acceptors (Lipinski definition) is 7. The molecule has 0 radical (unpaired) electrons. The number of hydrogen-bond donors (Lipinski definition) is 0. The molecule has 26 heavy (non-hydrogen) atoms. The summed E-state index contributed by atoms with van der Waals surface area (Å²) in [5.41, 5.74) is 0.241. The van der Waals surface area contributed by atoms with Gasteiger partial charge >= 0.3 is 5.63 Å². The molecule has 0 unspecified atom stereocenters. The predicted molar refractivity (Wildman–Crippen MR) is 97.9 cm³/mol. The van der Waals surface area contributed by atoms with Gasteiger partial charge in [-0.05, 0) is 30.7 Å². The van der Waals surface area contributed by atoms with E-state index in [2.05, 4.69) is 19.7 Å². The molecule has 1 saturated heterocycles. The summed E-state index contributed by atoms with van der Waals surface area (Å²) < 4.78 is 13.0. The van der Waals surface area contributed by atoms with Crippen molar-refractivity contribution in [1.29, 1.82) is 0 Å². The summed E-state index contributed by atoms with van der Waals surface area (Å²) in [6.07, 6.45) is 2.28. The molecule has 0 spiro atoms. The van der Waals surface area contributed by atoms with Crippen LogP contribution in [0.25, 0.3) is 11.0 Å². The van der Waals surface area contributed by atoms with Gasteiger partial charge in [0.05, 0.1) is 13.2 Å². The summed E-state index contributed by atoms with van der Waals surface area (Å²) in [7, 11) is 0. The first-order valence-corrected chi connectivity index (χ1v) is 9.59. The molecule has 1 aromatic carbocycles. The fourth-order valence-electron chi connectivity index (χ4n) is 3.23. The maximum atomic E-state index is 11.9. The van der Waals surface area contributed by atoms with Gasteiger partial charge in [-0.2, -0.15) is 0 Å². The van der Waals surface area contributed by atoms with Gasteiger partial charge in [0.25, 0.3) is 0 Å². The van der Waals surface area contributed by atoms with Crippen LogP contribution in [-0.4, -0.2) is 41.1 Å². The van der Waals surface area contributed by atoms with E-state index in [1.807, 2.05) is 24.3 Å². The molecule has 134 valence electrons. The zero-order valence-corrected chi connectivity index (χ0v) is 14.9. The molecule has 7 nitrogen and oxygen atoms in total. The topological polar surface area (TPSA) is 73.4 Å². The highest BCUT2D eigenvalue weighted by Gasteiger charge is 2.32. The van der Waals surface area contributed by atoms with Gasteiger partial charge in [-0.1, -0.05) is 18.2 Å². The molecule has 1 aliphatic heterocycles. The van der Waals surface area contributed by atoms with Crippen molar-refractivity contribution >= 4 is 28.7 Å². The van der Waals surface area contributed by atoms with Gasteiger partial charge in [0.15, 0.2) is 5.16 Å². The van der Waals surface area contributed by atoms with Crippen molar-refractivity contribution in [3.63, 3.8) is 0 Å². The minimum absolute atomic E-state index is 0.350. The summed E-state index contributed by atoms with van der Waals surface area (Å²) in [6.45, 7) is 3.08. The molecule has 0 atom stereocenters. The van der Waals surface area contributed by atoms with E-state index in [0.29, 0.717) is 24.8 Å². The van der Waals surface area contributed by atoms with Crippen LogP contribution in [0.5, 0.6) is 0 Å². The molecule has 2 aliphatic rings. The SMILES string of the molecule is O=c1cc(Sc2nnc(N3CCOCC3)n2C2CC2)c2ccccc2o1. The number of ether oxygens (including phenoxy) is 1. The van der Waals surface area contributed by atoms with Crippen molar-refractivity contribution in [3.05, 3.63) is 40.8 Å². The Bertz CT molecular complexity index is 1010. The van der Waals surface area contributed by atoms with E-state index >= 15 is 0 Å². The van der Waals surface area contributed by atoms with E-state index in [1.165, 1.54) is 17.8 Å². The molecule has 1 aliphatic carbocycles. The monoisotopic (exact) mass is 370 g/mol. The maximum Gasteiger partial charge on any atom is 0.337 e. The standard InChI is InChI=1S/C18H18N4O3S/c23-16-11-15(13-3-1-2-4-14(13)25-16)26-18-20-19-17(22(18)12-5-6-12)21-7-9-24-10-8-21/h1-4,11-12H,5-10H2. The zero-order valence-electron chi connectivity index (χ0n) is 14.1. The molecule has 3 aromatic rings. The molecular weight excluding hydrogens is 352 g/mol. The lowest BCUT2D eigenvalue weighted by molar-refractivity contribution is 0.121. The lowest BCUT2D eigenvalue weighted by atomic mass is 10.2. The van der Waals surface area contributed by atoms with Crippen LogP contribution in [0.1, 0.15) is 18.9 Å². The number of para-hydroxylation sites is 1. The second-order valence-electron chi connectivity index (χ2n) is 6.51. The van der Waals surface area contributed by atoms with E-state index in [9.17, 15) is 4.79 Å². The molecule has 1 saturated carbocycles. The van der Waals surface area contributed by atoms with E-state index in [0.717, 1.165) is 47.3 Å². The van der Waals surface area contributed by atoms with Crippen molar-refractivity contribution in [2.75, 3.05) is 31.2 Å². The Balaban J connectivity index is 1.55. The Labute approximate surface area is 154 Å².